The molecule has 1 amide bonds. The third kappa shape index (κ3) is 4.88. The molecule has 0 bridgehead atoms. The number of nitrogens with one attached hydrogen (secondary N) is 1. The zero-order valence-corrected chi connectivity index (χ0v) is 17.5. The van der Waals surface area contributed by atoms with Crippen LogP contribution in [0.25, 0.3) is 5.69 Å². The molecule has 1 aromatic heterocycles. The lowest BCUT2D eigenvalue weighted by atomic mass is 10.1. The summed E-state index contributed by atoms with van der Waals surface area (Å²) in [7, 11) is 1.31. The van der Waals surface area contributed by atoms with Crippen molar-refractivity contribution in [2.75, 3.05) is 7.11 Å². The summed E-state index contributed by atoms with van der Waals surface area (Å²) < 4.78 is 45.2. The Bertz CT molecular complexity index is 1200. The fourth-order valence-corrected chi connectivity index (χ4v) is 3.27. The van der Waals surface area contributed by atoms with E-state index < -0.39 is 23.6 Å². The van der Waals surface area contributed by atoms with E-state index in [0.717, 1.165) is 35.3 Å². The molecule has 0 saturated carbocycles. The summed E-state index contributed by atoms with van der Waals surface area (Å²) in [4.78, 5) is 24.0. The summed E-state index contributed by atoms with van der Waals surface area (Å²) in [6.45, 7) is 3.71. The maximum Gasteiger partial charge on any atom is 0.416 e. The Morgan fingerprint density at radius 1 is 1.03 bits per heavy atom. The number of ether oxygens (including phenoxy) is 1. The molecule has 0 aliphatic rings. The first-order chi connectivity index (χ1) is 15.1. The quantitative estimate of drug-likeness (QED) is 0.354. The van der Waals surface area contributed by atoms with Gasteiger partial charge in [-0.3, -0.25) is 4.79 Å². The molecule has 3 rings (SSSR count). The minimum absolute atomic E-state index is 0.151. The molecule has 3 aromatic rings. The maximum atomic E-state index is 12.8. The van der Waals surface area contributed by atoms with Gasteiger partial charge < -0.3 is 9.30 Å². The van der Waals surface area contributed by atoms with E-state index >= 15 is 0 Å². The molecule has 0 atom stereocenters. The minimum atomic E-state index is -4.54. The number of rotatable bonds is 5. The lowest BCUT2D eigenvalue weighted by Crippen LogP contribution is -2.18. The van der Waals surface area contributed by atoms with Crippen molar-refractivity contribution in [3.05, 3.63) is 88.2 Å². The molecular formula is C23H20F3N3O3. The van der Waals surface area contributed by atoms with Crippen molar-refractivity contribution < 1.29 is 27.5 Å². The van der Waals surface area contributed by atoms with Gasteiger partial charge in [-0.15, -0.1) is 0 Å². The summed E-state index contributed by atoms with van der Waals surface area (Å²) >= 11 is 0. The molecule has 6 nitrogen and oxygen atoms in total. The first-order valence-electron chi connectivity index (χ1n) is 9.50. The third-order valence-corrected chi connectivity index (χ3v) is 4.82. The monoisotopic (exact) mass is 443 g/mol. The molecule has 0 saturated heterocycles. The number of amides is 1. The summed E-state index contributed by atoms with van der Waals surface area (Å²) in [5, 5.41) is 3.88. The highest BCUT2D eigenvalue weighted by Crippen LogP contribution is 2.29. The molecule has 0 fully saturated rings. The van der Waals surface area contributed by atoms with E-state index in [-0.39, 0.29) is 5.56 Å². The van der Waals surface area contributed by atoms with E-state index in [9.17, 15) is 22.8 Å². The van der Waals surface area contributed by atoms with Gasteiger partial charge in [0.2, 0.25) is 0 Å². The van der Waals surface area contributed by atoms with Crippen LogP contribution in [0.3, 0.4) is 0 Å². The van der Waals surface area contributed by atoms with Crippen LogP contribution in [-0.2, 0) is 10.9 Å². The number of esters is 1. The van der Waals surface area contributed by atoms with Crippen molar-refractivity contribution in [1.29, 1.82) is 0 Å². The van der Waals surface area contributed by atoms with Crippen LogP contribution in [0.2, 0.25) is 0 Å². The lowest BCUT2D eigenvalue weighted by molar-refractivity contribution is -0.137. The molecule has 32 heavy (non-hydrogen) atoms. The van der Waals surface area contributed by atoms with Gasteiger partial charge in [-0.05, 0) is 56.3 Å². The van der Waals surface area contributed by atoms with E-state index in [0.29, 0.717) is 11.1 Å². The highest BCUT2D eigenvalue weighted by Gasteiger charge is 2.30. The molecule has 2 aromatic carbocycles. The van der Waals surface area contributed by atoms with Crippen molar-refractivity contribution >= 4 is 18.1 Å². The van der Waals surface area contributed by atoms with Crippen molar-refractivity contribution in [1.82, 2.24) is 9.99 Å². The number of benzene rings is 2. The number of carbonyl (C=O) groups excluding carboxylic acids is 2. The van der Waals surface area contributed by atoms with Gasteiger partial charge in [0.15, 0.2) is 0 Å². The van der Waals surface area contributed by atoms with E-state index in [1.807, 2.05) is 30.5 Å². The largest absolute Gasteiger partial charge is 0.465 e. The van der Waals surface area contributed by atoms with Crippen LogP contribution in [-0.4, -0.2) is 29.8 Å². The smallest absolute Gasteiger partial charge is 0.416 e. The normalized spacial score (nSPS) is 11.6. The fraction of sp³-hybridized carbons (Fsp3) is 0.174. The predicted octanol–water partition coefficient (Wildman–Crippen LogP) is 4.66. The van der Waals surface area contributed by atoms with E-state index in [1.165, 1.54) is 19.4 Å². The first-order valence-corrected chi connectivity index (χ1v) is 9.50. The number of hydrazone groups is 1. The van der Waals surface area contributed by atoms with Crippen LogP contribution in [0.15, 0.2) is 59.7 Å². The first kappa shape index (κ1) is 22.8. The Morgan fingerprint density at radius 2 is 1.72 bits per heavy atom. The van der Waals surface area contributed by atoms with Crippen molar-refractivity contribution in [2.24, 2.45) is 5.10 Å². The molecule has 166 valence electrons. The van der Waals surface area contributed by atoms with Gasteiger partial charge >= 0.3 is 12.1 Å². The van der Waals surface area contributed by atoms with Crippen LogP contribution in [0, 0.1) is 13.8 Å². The number of aromatic nitrogens is 1. The number of methoxy groups -OCH3 is 1. The van der Waals surface area contributed by atoms with E-state index in [4.69, 9.17) is 4.74 Å². The van der Waals surface area contributed by atoms with Crippen molar-refractivity contribution in [3.8, 4) is 5.69 Å². The Hall–Kier alpha value is -3.88. The third-order valence-electron chi connectivity index (χ3n) is 4.82. The summed E-state index contributed by atoms with van der Waals surface area (Å²) in [6.07, 6.45) is -3.13. The second-order valence-corrected chi connectivity index (χ2v) is 6.98. The van der Waals surface area contributed by atoms with Crippen LogP contribution in [0.1, 0.15) is 43.2 Å². The number of hydrogen-bond donors (Lipinski definition) is 1. The number of carbonyl (C=O) groups is 2. The topological polar surface area (TPSA) is 72.7 Å². The molecule has 0 unspecified atom stereocenters. The number of hydrogen-bond acceptors (Lipinski definition) is 4. The number of halogens is 3. The van der Waals surface area contributed by atoms with Crippen LogP contribution >= 0.6 is 0 Å². The maximum absolute atomic E-state index is 12.8. The van der Waals surface area contributed by atoms with E-state index in [1.54, 1.807) is 18.2 Å². The standard InChI is InChI=1S/C23H20F3N3O3/c1-14-10-18(15(2)29(14)20-9-5-7-17(12-20)22(31)32-3)13-27-28-21(30)16-6-4-8-19(11-16)23(24,25)26/h4-13H,1-3H3,(H,28,30)/b27-13+. The minimum Gasteiger partial charge on any atom is -0.465 e. The van der Waals surface area contributed by atoms with Gasteiger partial charge in [0, 0.05) is 28.2 Å². The van der Waals surface area contributed by atoms with Gasteiger partial charge in [-0.25, -0.2) is 10.2 Å². The van der Waals surface area contributed by atoms with Gasteiger partial charge in [-0.2, -0.15) is 18.3 Å². The molecule has 0 aliphatic heterocycles. The molecule has 1 heterocycles. The second-order valence-electron chi connectivity index (χ2n) is 6.98. The van der Waals surface area contributed by atoms with Gasteiger partial charge in [0.1, 0.15) is 0 Å². The van der Waals surface area contributed by atoms with Crippen LogP contribution in [0.5, 0.6) is 0 Å². The highest BCUT2D eigenvalue weighted by atomic mass is 19.4. The Labute approximate surface area is 182 Å². The van der Waals surface area contributed by atoms with Crippen molar-refractivity contribution in [2.45, 2.75) is 20.0 Å². The second kappa shape index (κ2) is 9.09. The molecule has 9 heteroatoms. The molecule has 0 radical (unpaired) electrons. The number of alkyl halides is 3. The average molecular weight is 443 g/mol. The average Bonchev–Trinajstić information content (AvgIpc) is 3.05. The molecule has 0 aliphatic carbocycles. The Balaban J connectivity index is 1.80. The molecule has 1 N–H and O–H groups in total. The van der Waals surface area contributed by atoms with Crippen molar-refractivity contribution in [3.63, 3.8) is 0 Å². The Morgan fingerprint density at radius 3 is 2.41 bits per heavy atom. The summed E-state index contributed by atoms with van der Waals surface area (Å²) in [6, 6.07) is 12.9. The lowest BCUT2D eigenvalue weighted by Gasteiger charge is -2.11. The fourth-order valence-electron chi connectivity index (χ4n) is 3.27. The van der Waals surface area contributed by atoms with E-state index in [2.05, 4.69) is 10.5 Å². The summed E-state index contributed by atoms with van der Waals surface area (Å²) in [5.41, 5.74) is 4.67. The predicted molar refractivity (Wildman–Crippen MR) is 113 cm³/mol. The van der Waals surface area contributed by atoms with Crippen LogP contribution in [0.4, 0.5) is 13.2 Å². The zero-order chi connectivity index (χ0) is 23.5. The highest BCUT2D eigenvalue weighted by molar-refractivity contribution is 5.95. The van der Waals surface area contributed by atoms with Crippen LogP contribution < -0.4 is 5.43 Å². The van der Waals surface area contributed by atoms with Gasteiger partial charge in [-0.1, -0.05) is 12.1 Å². The zero-order valence-electron chi connectivity index (χ0n) is 17.5. The summed E-state index contributed by atoms with van der Waals surface area (Å²) in [5.74, 6) is -1.21. The number of aryl methyl sites for hydroxylation is 1. The number of nitrogens with zero attached hydrogens (tertiary/aromatic N) is 2. The molecular weight excluding hydrogens is 423 g/mol. The Kier molecular flexibility index (Phi) is 6.47. The van der Waals surface area contributed by atoms with Gasteiger partial charge in [0.25, 0.3) is 5.91 Å². The molecule has 0 spiro atoms. The van der Waals surface area contributed by atoms with Gasteiger partial charge in [0.05, 0.1) is 24.5 Å². The SMILES string of the molecule is COC(=O)c1cccc(-n2c(C)cc(/C=N/NC(=O)c3cccc(C(F)(F)F)c3)c2C)c1.